The molecule has 208 valence electrons. The van der Waals surface area contributed by atoms with Gasteiger partial charge in [-0.3, -0.25) is 9.40 Å². The molecule has 2 amide bonds. The van der Waals surface area contributed by atoms with E-state index in [9.17, 15) is 18.0 Å². The summed E-state index contributed by atoms with van der Waals surface area (Å²) in [7, 11) is 1.75. The fraction of sp³-hybridized carbons (Fsp3) is 0.185. The van der Waals surface area contributed by atoms with Gasteiger partial charge in [0.2, 0.25) is 0 Å². The van der Waals surface area contributed by atoms with Gasteiger partial charge in [0, 0.05) is 24.3 Å². The predicted octanol–water partition coefficient (Wildman–Crippen LogP) is 6.44. The number of ether oxygens (including phenoxy) is 1. The minimum absolute atomic E-state index is 0.0984. The van der Waals surface area contributed by atoms with Crippen LogP contribution in [0.5, 0.6) is 5.75 Å². The largest absolute Gasteiger partial charge is 0.573 e. The van der Waals surface area contributed by atoms with Crippen LogP contribution in [-0.4, -0.2) is 34.2 Å². The number of aromatic nitrogens is 2. The Morgan fingerprint density at radius 1 is 1.12 bits per heavy atom. The zero-order valence-electron chi connectivity index (χ0n) is 21.7. The number of nitrogens with one attached hydrogen (secondary N) is 2. The molecule has 0 aliphatic rings. The molecular weight excluding hydrogens is 543 g/mol. The number of nitrogens with two attached hydrogens (primary N) is 1. The zero-order chi connectivity index (χ0) is 28.9. The van der Waals surface area contributed by atoms with E-state index in [4.69, 9.17) is 5.73 Å². The highest BCUT2D eigenvalue weighted by Gasteiger charge is 2.31. The van der Waals surface area contributed by atoms with E-state index in [-0.39, 0.29) is 23.5 Å². The summed E-state index contributed by atoms with van der Waals surface area (Å²) >= 11 is 0.889. The molecule has 4 aromatic rings. The number of rotatable bonds is 8. The van der Waals surface area contributed by atoms with Crippen molar-refractivity contribution in [3.8, 4) is 5.75 Å². The van der Waals surface area contributed by atoms with Gasteiger partial charge in [0.05, 0.1) is 23.3 Å². The Hall–Kier alpha value is -4.52. The van der Waals surface area contributed by atoms with E-state index in [1.165, 1.54) is 12.1 Å². The molecule has 0 unspecified atom stereocenters. The molecule has 3 aromatic carbocycles. The smallest absolute Gasteiger partial charge is 0.406 e. The van der Waals surface area contributed by atoms with E-state index < -0.39 is 6.36 Å². The monoisotopic (exact) mass is 569 g/mol. The van der Waals surface area contributed by atoms with E-state index in [0.29, 0.717) is 11.4 Å². The number of hydrogen-bond acceptors (Lipinski definition) is 6. The number of para-hydroxylation sites is 1. The minimum atomic E-state index is -4.77. The Morgan fingerprint density at radius 2 is 1.85 bits per heavy atom. The summed E-state index contributed by atoms with van der Waals surface area (Å²) in [5, 5.41) is 8.01. The molecule has 9 nitrogen and oxygen atoms in total. The standard InChI is InChI=1S/C27H26F3N7O2S/c1-16(2)20-6-4-5-7-22(20)34-26(38)36-40-32-15-17-8-13-21-23(14-17)37(3)35-24(21)25(31)33-18-9-11-19(12-10-18)39-27(28,29)30/h4-16H,1-3H3,(H2,31,33)(H2,34,36,38). The maximum Gasteiger partial charge on any atom is 0.573 e. The maximum absolute atomic E-state index is 12.4. The first-order chi connectivity index (χ1) is 19.0. The highest BCUT2D eigenvalue weighted by molar-refractivity contribution is 7.96. The topological polar surface area (TPSA) is 119 Å². The van der Waals surface area contributed by atoms with Crippen LogP contribution in [0.25, 0.3) is 10.9 Å². The van der Waals surface area contributed by atoms with E-state index in [0.717, 1.165) is 52.0 Å². The molecule has 0 spiro atoms. The summed E-state index contributed by atoms with van der Waals surface area (Å²) in [6, 6.07) is 17.7. The summed E-state index contributed by atoms with van der Waals surface area (Å²) in [5.74, 6) is 0.00813. The van der Waals surface area contributed by atoms with Crippen LogP contribution >= 0.6 is 12.1 Å². The molecular formula is C27H26F3N7O2S. The molecule has 0 saturated heterocycles. The van der Waals surface area contributed by atoms with E-state index >= 15 is 0 Å². The average Bonchev–Trinajstić information content (AvgIpc) is 3.23. The van der Waals surface area contributed by atoms with Crippen molar-refractivity contribution in [3.63, 3.8) is 0 Å². The third-order valence-electron chi connectivity index (χ3n) is 5.66. The number of aliphatic imine (C=N–C) groups is 1. The molecule has 0 aliphatic carbocycles. The lowest BCUT2D eigenvalue weighted by molar-refractivity contribution is -0.274. The molecule has 13 heteroatoms. The number of anilines is 1. The number of hydrogen-bond donors (Lipinski definition) is 3. The lowest BCUT2D eigenvalue weighted by Crippen LogP contribution is -2.23. The second-order valence-electron chi connectivity index (χ2n) is 8.91. The predicted molar refractivity (Wildman–Crippen MR) is 152 cm³/mol. The molecule has 0 radical (unpaired) electrons. The van der Waals surface area contributed by atoms with Crippen molar-refractivity contribution in [2.24, 2.45) is 22.2 Å². The summed E-state index contributed by atoms with van der Waals surface area (Å²) in [6.45, 7) is 4.11. The highest BCUT2D eigenvalue weighted by atomic mass is 32.2. The molecule has 0 aliphatic heterocycles. The highest BCUT2D eigenvalue weighted by Crippen LogP contribution is 2.26. The van der Waals surface area contributed by atoms with Gasteiger partial charge in [0.15, 0.2) is 5.84 Å². The van der Waals surface area contributed by atoms with Crippen LogP contribution in [0.4, 0.5) is 29.3 Å². The number of halogens is 3. The van der Waals surface area contributed by atoms with Crippen LogP contribution in [-0.2, 0) is 7.05 Å². The molecule has 4 N–H and O–H groups in total. The van der Waals surface area contributed by atoms with E-state index in [1.807, 2.05) is 42.5 Å². The van der Waals surface area contributed by atoms with Crippen LogP contribution < -0.4 is 20.5 Å². The number of urea groups is 1. The van der Waals surface area contributed by atoms with E-state index in [1.54, 1.807) is 17.9 Å². The first kappa shape index (κ1) is 28.5. The van der Waals surface area contributed by atoms with Crippen LogP contribution in [0, 0.1) is 0 Å². The van der Waals surface area contributed by atoms with Crippen molar-refractivity contribution in [1.82, 2.24) is 14.5 Å². The maximum atomic E-state index is 12.4. The van der Waals surface area contributed by atoms with Crippen molar-refractivity contribution < 1.29 is 22.7 Å². The van der Waals surface area contributed by atoms with Gasteiger partial charge in [-0.05, 0) is 59.5 Å². The van der Waals surface area contributed by atoms with Gasteiger partial charge in [0.25, 0.3) is 0 Å². The first-order valence-corrected chi connectivity index (χ1v) is 12.8. The number of benzene rings is 3. The number of fused-ring (bicyclic) bond motifs is 1. The second-order valence-corrected chi connectivity index (χ2v) is 9.51. The van der Waals surface area contributed by atoms with Gasteiger partial charge in [0.1, 0.15) is 11.4 Å². The molecule has 40 heavy (non-hydrogen) atoms. The van der Waals surface area contributed by atoms with E-state index in [2.05, 4.69) is 43.1 Å². The Morgan fingerprint density at radius 3 is 2.55 bits per heavy atom. The molecule has 1 heterocycles. The quantitative estimate of drug-likeness (QED) is 0.128. The third-order valence-corrected chi connectivity index (χ3v) is 6.15. The molecule has 0 atom stereocenters. The number of alkyl halides is 3. The van der Waals surface area contributed by atoms with Gasteiger partial charge in [-0.25, -0.2) is 14.2 Å². The van der Waals surface area contributed by atoms with Gasteiger partial charge >= 0.3 is 12.4 Å². The molecule has 0 bridgehead atoms. The lowest BCUT2D eigenvalue weighted by atomic mass is 10.0. The Balaban J connectivity index is 1.41. The average molecular weight is 570 g/mol. The SMILES string of the molecule is CC(C)c1ccccc1NC(=O)NSN=Cc1ccc2c(C(N)=Nc3ccc(OC(F)(F)F)cc3)nn(C)c2c1. The van der Waals surface area contributed by atoms with Crippen molar-refractivity contribution in [1.29, 1.82) is 0 Å². The van der Waals surface area contributed by atoms with Crippen LogP contribution in [0.1, 0.15) is 36.6 Å². The fourth-order valence-corrected chi connectivity index (χ4v) is 4.24. The summed E-state index contributed by atoms with van der Waals surface area (Å²) in [6.07, 6.45) is -3.18. The van der Waals surface area contributed by atoms with Gasteiger partial charge in [-0.1, -0.05) is 38.1 Å². The minimum Gasteiger partial charge on any atom is -0.406 e. The normalized spacial score (nSPS) is 12.3. The zero-order valence-corrected chi connectivity index (χ0v) is 22.5. The molecule has 1 aromatic heterocycles. The number of carbonyl (C=O) groups is 1. The number of aryl methyl sites for hydroxylation is 1. The molecule has 0 fully saturated rings. The van der Waals surface area contributed by atoms with Crippen LogP contribution in [0.2, 0.25) is 0 Å². The lowest BCUT2D eigenvalue weighted by Gasteiger charge is -2.13. The van der Waals surface area contributed by atoms with Crippen molar-refractivity contribution >= 4 is 52.5 Å². The van der Waals surface area contributed by atoms with Gasteiger partial charge in [-0.2, -0.15) is 5.10 Å². The van der Waals surface area contributed by atoms with Crippen molar-refractivity contribution in [2.75, 3.05) is 5.32 Å². The van der Waals surface area contributed by atoms with Crippen LogP contribution in [0.3, 0.4) is 0 Å². The Labute approximate surface area is 232 Å². The number of amides is 2. The number of carbonyl (C=O) groups excluding carboxylic acids is 1. The summed E-state index contributed by atoms with van der Waals surface area (Å²) in [4.78, 5) is 16.6. The van der Waals surface area contributed by atoms with Gasteiger partial charge < -0.3 is 15.8 Å². The second kappa shape index (κ2) is 12.1. The Kier molecular flexibility index (Phi) is 8.63. The molecule has 0 saturated carbocycles. The third kappa shape index (κ3) is 7.32. The Bertz CT molecular complexity index is 1560. The number of nitrogens with zero attached hydrogens (tertiary/aromatic N) is 4. The molecule has 4 rings (SSSR count). The summed E-state index contributed by atoms with van der Waals surface area (Å²) in [5.41, 5.74) is 10.2. The number of amidine groups is 1. The summed E-state index contributed by atoms with van der Waals surface area (Å²) < 4.78 is 49.4. The fourth-order valence-electron chi connectivity index (χ4n) is 3.88. The van der Waals surface area contributed by atoms with Crippen molar-refractivity contribution in [2.45, 2.75) is 26.1 Å². The van der Waals surface area contributed by atoms with Gasteiger partial charge in [-0.15, -0.1) is 13.2 Å². The first-order valence-electron chi connectivity index (χ1n) is 12.0. The van der Waals surface area contributed by atoms with Crippen molar-refractivity contribution in [3.05, 3.63) is 83.6 Å². The van der Waals surface area contributed by atoms with Crippen LogP contribution in [0.15, 0.2) is 76.1 Å².